The van der Waals surface area contributed by atoms with Crippen LogP contribution < -0.4 is 5.32 Å². The largest absolute Gasteiger partial charge is 0.383 e. The maximum atomic E-state index is 11.9. The predicted octanol–water partition coefficient (Wildman–Crippen LogP) is 2.43. The van der Waals surface area contributed by atoms with Crippen molar-refractivity contribution in [3.05, 3.63) is 21.9 Å². The lowest BCUT2D eigenvalue weighted by atomic mass is 10.2. The van der Waals surface area contributed by atoms with Crippen molar-refractivity contribution in [2.75, 3.05) is 19.6 Å². The second-order valence-corrected chi connectivity index (χ2v) is 4.69. The van der Waals surface area contributed by atoms with Gasteiger partial charge in [0.05, 0.1) is 18.2 Å². The number of alkyl halides is 1. The van der Waals surface area contributed by atoms with Crippen LogP contribution >= 0.6 is 22.9 Å². The summed E-state index contributed by atoms with van der Waals surface area (Å²) in [5.74, 6) is 0.461. The summed E-state index contributed by atoms with van der Waals surface area (Å²) in [7, 11) is 1.61. The van der Waals surface area contributed by atoms with Gasteiger partial charge in [0.25, 0.3) is 5.91 Å². The fraction of sp³-hybridized carbons (Fsp3) is 0.545. The molecule has 0 radical (unpaired) electrons. The fourth-order valence-electron chi connectivity index (χ4n) is 1.39. The Morgan fingerprint density at radius 3 is 2.88 bits per heavy atom. The molecule has 1 atom stereocenters. The molecule has 0 fully saturated rings. The number of methoxy groups -OCH3 is 1. The lowest BCUT2D eigenvalue weighted by Crippen LogP contribution is -2.38. The molecular weight excluding hydrogens is 246 g/mol. The van der Waals surface area contributed by atoms with E-state index in [1.54, 1.807) is 7.11 Å². The maximum absolute atomic E-state index is 11.9. The Morgan fingerprint density at radius 1 is 1.62 bits per heavy atom. The highest BCUT2D eigenvalue weighted by atomic mass is 35.5. The van der Waals surface area contributed by atoms with Crippen LogP contribution in [0.1, 0.15) is 22.3 Å². The van der Waals surface area contributed by atoms with Gasteiger partial charge in [-0.25, -0.2) is 0 Å². The molecule has 3 nitrogen and oxygen atoms in total. The average Bonchev–Trinajstić information content (AvgIpc) is 2.65. The Hall–Kier alpha value is -0.580. The number of carbonyl (C=O) groups is 1. The van der Waals surface area contributed by atoms with Gasteiger partial charge in [0.1, 0.15) is 0 Å². The molecule has 1 heterocycles. The first-order valence-electron chi connectivity index (χ1n) is 5.07. The second-order valence-electron chi connectivity index (χ2n) is 3.57. The van der Waals surface area contributed by atoms with Gasteiger partial charge >= 0.3 is 0 Å². The Labute approximate surface area is 105 Å². The molecule has 1 aromatic heterocycles. The van der Waals surface area contributed by atoms with Gasteiger partial charge in [-0.1, -0.05) is 0 Å². The SMILES string of the molecule is COCC(CCCl)NC(=O)c1cscc1C. The molecule has 1 amide bonds. The molecule has 0 aromatic carbocycles. The minimum Gasteiger partial charge on any atom is -0.383 e. The van der Waals surface area contributed by atoms with Crippen LogP contribution in [0.2, 0.25) is 0 Å². The zero-order valence-corrected chi connectivity index (χ0v) is 11.0. The maximum Gasteiger partial charge on any atom is 0.252 e. The molecule has 90 valence electrons. The van der Waals surface area contributed by atoms with Crippen LogP contribution in [0.25, 0.3) is 0 Å². The van der Waals surface area contributed by atoms with Crippen LogP contribution in [0.5, 0.6) is 0 Å². The molecule has 1 N–H and O–H groups in total. The highest BCUT2D eigenvalue weighted by Gasteiger charge is 2.15. The first-order valence-corrected chi connectivity index (χ1v) is 6.55. The average molecular weight is 262 g/mol. The molecule has 0 bridgehead atoms. The zero-order chi connectivity index (χ0) is 12.0. The van der Waals surface area contributed by atoms with E-state index < -0.39 is 0 Å². The molecule has 16 heavy (non-hydrogen) atoms. The number of amides is 1. The van der Waals surface area contributed by atoms with Gasteiger partial charge in [0, 0.05) is 18.4 Å². The van der Waals surface area contributed by atoms with Gasteiger partial charge in [0.2, 0.25) is 0 Å². The number of rotatable bonds is 6. The minimum absolute atomic E-state index is 0.0192. The number of ether oxygens (including phenoxy) is 1. The highest BCUT2D eigenvalue weighted by Crippen LogP contribution is 2.13. The first kappa shape index (κ1) is 13.5. The number of halogens is 1. The molecule has 1 rings (SSSR count). The number of hydrogen-bond acceptors (Lipinski definition) is 3. The van der Waals surface area contributed by atoms with Crippen molar-refractivity contribution in [3.8, 4) is 0 Å². The van der Waals surface area contributed by atoms with Gasteiger partial charge in [-0.05, 0) is 24.3 Å². The molecule has 0 aliphatic heterocycles. The molecular formula is C11H16ClNO2S. The summed E-state index contributed by atoms with van der Waals surface area (Å²) in [6, 6.07) is -0.0192. The van der Waals surface area contributed by atoms with Crippen molar-refractivity contribution in [2.24, 2.45) is 0 Å². The lowest BCUT2D eigenvalue weighted by molar-refractivity contribution is 0.0895. The van der Waals surface area contributed by atoms with Crippen molar-refractivity contribution in [1.82, 2.24) is 5.32 Å². The van der Waals surface area contributed by atoms with Gasteiger partial charge in [-0.3, -0.25) is 4.79 Å². The number of nitrogens with one attached hydrogen (secondary N) is 1. The molecule has 0 aliphatic carbocycles. The summed E-state index contributed by atoms with van der Waals surface area (Å²) in [4.78, 5) is 11.9. The first-order chi connectivity index (χ1) is 7.69. The summed E-state index contributed by atoms with van der Waals surface area (Å²) < 4.78 is 5.03. The quantitative estimate of drug-likeness (QED) is 0.799. The van der Waals surface area contributed by atoms with Crippen molar-refractivity contribution in [1.29, 1.82) is 0 Å². The van der Waals surface area contributed by atoms with E-state index >= 15 is 0 Å². The summed E-state index contributed by atoms with van der Waals surface area (Å²) >= 11 is 7.20. The standard InChI is InChI=1S/C11H16ClNO2S/c1-8-6-16-7-10(8)11(14)13-9(3-4-12)5-15-2/h6-7,9H,3-5H2,1-2H3,(H,13,14). The van der Waals surface area contributed by atoms with E-state index in [2.05, 4.69) is 5.32 Å². The lowest BCUT2D eigenvalue weighted by Gasteiger charge is -2.16. The van der Waals surface area contributed by atoms with Gasteiger partial charge in [-0.2, -0.15) is 11.3 Å². The van der Waals surface area contributed by atoms with E-state index in [9.17, 15) is 4.79 Å². The topological polar surface area (TPSA) is 38.3 Å². The van der Waals surface area contributed by atoms with E-state index in [-0.39, 0.29) is 11.9 Å². The molecule has 0 aliphatic rings. The summed E-state index contributed by atoms with van der Waals surface area (Å²) in [6.45, 7) is 2.42. The molecule has 5 heteroatoms. The summed E-state index contributed by atoms with van der Waals surface area (Å²) in [5.41, 5.74) is 1.74. The van der Waals surface area contributed by atoms with Crippen molar-refractivity contribution in [3.63, 3.8) is 0 Å². The Balaban J connectivity index is 2.58. The van der Waals surface area contributed by atoms with Crippen LogP contribution in [0, 0.1) is 6.92 Å². The Kier molecular flexibility index (Phi) is 5.80. The van der Waals surface area contributed by atoms with E-state index in [4.69, 9.17) is 16.3 Å². The van der Waals surface area contributed by atoms with Crippen LogP contribution in [0.3, 0.4) is 0 Å². The third-order valence-electron chi connectivity index (χ3n) is 2.26. The van der Waals surface area contributed by atoms with Gasteiger partial charge < -0.3 is 10.1 Å². The third kappa shape index (κ3) is 3.77. The summed E-state index contributed by atoms with van der Waals surface area (Å²) in [5, 5.41) is 6.74. The zero-order valence-electron chi connectivity index (χ0n) is 9.46. The monoisotopic (exact) mass is 261 g/mol. The number of hydrogen-bond donors (Lipinski definition) is 1. The predicted molar refractivity (Wildman–Crippen MR) is 67.5 cm³/mol. The van der Waals surface area contributed by atoms with Gasteiger partial charge in [-0.15, -0.1) is 11.6 Å². The van der Waals surface area contributed by atoms with Crippen molar-refractivity contribution < 1.29 is 9.53 Å². The van der Waals surface area contributed by atoms with Crippen LogP contribution in [-0.2, 0) is 4.74 Å². The number of carbonyl (C=O) groups excluding carboxylic acids is 1. The van der Waals surface area contributed by atoms with Crippen LogP contribution in [-0.4, -0.2) is 31.5 Å². The van der Waals surface area contributed by atoms with Crippen LogP contribution in [0.4, 0.5) is 0 Å². The number of aryl methyl sites for hydroxylation is 1. The molecule has 1 unspecified atom stereocenters. The van der Waals surface area contributed by atoms with E-state index in [1.165, 1.54) is 11.3 Å². The third-order valence-corrected chi connectivity index (χ3v) is 3.34. The molecule has 0 saturated heterocycles. The Morgan fingerprint density at radius 2 is 2.38 bits per heavy atom. The molecule has 0 saturated carbocycles. The second kappa shape index (κ2) is 6.89. The van der Waals surface area contributed by atoms with Crippen LogP contribution in [0.15, 0.2) is 10.8 Å². The van der Waals surface area contributed by atoms with Crippen molar-refractivity contribution >= 4 is 28.8 Å². The van der Waals surface area contributed by atoms with Crippen molar-refractivity contribution in [2.45, 2.75) is 19.4 Å². The normalized spacial score (nSPS) is 12.4. The fourth-order valence-corrected chi connectivity index (χ4v) is 2.48. The minimum atomic E-state index is -0.0501. The number of thiophene rings is 1. The smallest absolute Gasteiger partial charge is 0.252 e. The summed E-state index contributed by atoms with van der Waals surface area (Å²) in [6.07, 6.45) is 0.713. The Bertz CT molecular complexity index is 334. The van der Waals surface area contributed by atoms with Gasteiger partial charge in [0.15, 0.2) is 0 Å². The van der Waals surface area contributed by atoms with E-state index in [1.807, 2.05) is 17.7 Å². The molecule has 1 aromatic rings. The van der Waals surface area contributed by atoms with E-state index in [0.717, 1.165) is 11.1 Å². The highest BCUT2D eigenvalue weighted by molar-refractivity contribution is 7.08. The van der Waals surface area contributed by atoms with E-state index in [0.29, 0.717) is 18.9 Å². The molecule has 0 spiro atoms.